The molecule has 36 heavy (non-hydrogen) atoms. The topological polar surface area (TPSA) is 96.9 Å². The monoisotopic (exact) mass is 536 g/mol. The van der Waals surface area contributed by atoms with Crippen molar-refractivity contribution in [1.29, 1.82) is 0 Å². The molecule has 4 aliphatic rings. The van der Waals surface area contributed by atoms with Gasteiger partial charge in [-0.05, 0) is 80.8 Å². The summed E-state index contributed by atoms with van der Waals surface area (Å²) in [6.45, 7) is -0.316. The number of carbonyl (C=O) groups excluding carboxylic acids is 2. The van der Waals surface area contributed by atoms with Gasteiger partial charge in [-0.2, -0.15) is 0 Å². The molecule has 0 saturated heterocycles. The number of hydrogen-bond acceptors (Lipinski definition) is 5. The van der Waals surface area contributed by atoms with Crippen LogP contribution >= 0.6 is 23.2 Å². The van der Waals surface area contributed by atoms with E-state index in [2.05, 4.69) is 10.6 Å². The highest BCUT2D eigenvalue weighted by molar-refractivity contribution is 6.31. The van der Waals surface area contributed by atoms with Crippen molar-refractivity contribution in [1.82, 2.24) is 10.6 Å². The van der Waals surface area contributed by atoms with Crippen molar-refractivity contribution in [3.63, 3.8) is 0 Å². The number of hydrogen-bond donors (Lipinski definition) is 3. The molecule has 0 radical (unpaired) electrons. The summed E-state index contributed by atoms with van der Waals surface area (Å²) in [7, 11) is 0. The predicted molar refractivity (Wildman–Crippen MR) is 132 cm³/mol. The summed E-state index contributed by atoms with van der Waals surface area (Å²) in [5.41, 5.74) is -0.331. The molecule has 192 valence electrons. The summed E-state index contributed by atoms with van der Waals surface area (Å²) in [6.07, 6.45) is 2.43. The van der Waals surface area contributed by atoms with Crippen molar-refractivity contribution >= 4 is 35.0 Å². The molecular weight excluding hydrogens is 510 g/mol. The Morgan fingerprint density at radius 1 is 1.11 bits per heavy atom. The van der Waals surface area contributed by atoms with E-state index in [0.717, 1.165) is 11.6 Å². The van der Waals surface area contributed by atoms with E-state index in [4.69, 9.17) is 32.7 Å². The van der Waals surface area contributed by atoms with Crippen LogP contribution in [0.15, 0.2) is 36.4 Å². The van der Waals surface area contributed by atoms with E-state index in [-0.39, 0.29) is 23.3 Å². The number of rotatable bonds is 6. The molecule has 2 bridgehead atoms. The van der Waals surface area contributed by atoms with Crippen LogP contribution < -0.4 is 20.1 Å². The van der Waals surface area contributed by atoms with Crippen LogP contribution in [-0.2, 0) is 16.0 Å². The Morgan fingerprint density at radius 2 is 1.89 bits per heavy atom. The summed E-state index contributed by atoms with van der Waals surface area (Å²) in [5.74, 6) is -0.369. The SMILES string of the molecule is O=C(COc1ccc(Cl)c(F)c1)NC12CCC(NC(=O)C3CCc4cc(Cl)ccc4O3)(CC1)C[C@@H]2O. The van der Waals surface area contributed by atoms with Gasteiger partial charge in [0, 0.05) is 16.6 Å². The molecule has 3 saturated carbocycles. The second-order valence-corrected chi connectivity index (χ2v) is 10.8. The lowest BCUT2D eigenvalue weighted by Crippen LogP contribution is -2.71. The Morgan fingerprint density at radius 3 is 2.61 bits per heavy atom. The Bertz CT molecular complexity index is 1180. The van der Waals surface area contributed by atoms with Gasteiger partial charge < -0.3 is 25.2 Å². The minimum absolute atomic E-state index is 0.0291. The highest BCUT2D eigenvalue weighted by Gasteiger charge is 2.55. The van der Waals surface area contributed by atoms with E-state index in [1.54, 1.807) is 12.1 Å². The first kappa shape index (κ1) is 25.1. The van der Waals surface area contributed by atoms with E-state index in [0.29, 0.717) is 55.7 Å². The van der Waals surface area contributed by atoms with Gasteiger partial charge in [-0.15, -0.1) is 0 Å². The van der Waals surface area contributed by atoms with Gasteiger partial charge in [-0.25, -0.2) is 4.39 Å². The highest BCUT2D eigenvalue weighted by atomic mass is 35.5. The molecule has 6 rings (SSSR count). The zero-order valence-electron chi connectivity index (χ0n) is 19.5. The van der Waals surface area contributed by atoms with E-state index in [1.165, 1.54) is 12.1 Å². The van der Waals surface area contributed by atoms with E-state index in [9.17, 15) is 19.1 Å². The fourth-order valence-corrected chi connectivity index (χ4v) is 5.89. The standard InChI is InChI=1S/C26H27Cl2FN2O5/c27-16-2-6-20-15(11-16)1-5-21(36-20)24(34)31-25-7-9-26(10-8-25,22(32)13-25)30-23(33)14-35-17-3-4-18(28)19(29)12-17/h2-4,6,11-12,21-22,32H,1,5,7-10,13-14H2,(H,30,33)(H,31,34)/t21?,22-,25?,26?/m0/s1. The van der Waals surface area contributed by atoms with Gasteiger partial charge in [0.05, 0.1) is 16.7 Å². The number of amides is 2. The third kappa shape index (κ3) is 4.99. The average molecular weight is 537 g/mol. The minimum Gasteiger partial charge on any atom is -0.484 e. The van der Waals surface area contributed by atoms with Crippen molar-refractivity contribution < 1.29 is 28.6 Å². The molecule has 0 spiro atoms. The zero-order chi connectivity index (χ0) is 25.5. The summed E-state index contributed by atoms with van der Waals surface area (Å²) < 4.78 is 24.9. The summed E-state index contributed by atoms with van der Waals surface area (Å²) in [6, 6.07) is 9.33. The maximum Gasteiger partial charge on any atom is 0.261 e. The van der Waals surface area contributed by atoms with Crippen LogP contribution in [0, 0.1) is 5.82 Å². The number of aryl methyl sites for hydroxylation is 1. The molecule has 2 amide bonds. The van der Waals surface area contributed by atoms with Crippen molar-refractivity contribution in [2.45, 2.75) is 68.2 Å². The maximum absolute atomic E-state index is 13.6. The first-order valence-corrected chi connectivity index (χ1v) is 12.8. The van der Waals surface area contributed by atoms with Crippen LogP contribution in [0.25, 0.3) is 0 Å². The second-order valence-electron chi connectivity index (χ2n) is 9.96. The Hall–Kier alpha value is -2.55. The fourth-order valence-electron chi connectivity index (χ4n) is 5.57. The highest BCUT2D eigenvalue weighted by Crippen LogP contribution is 2.47. The van der Waals surface area contributed by atoms with E-state index in [1.807, 2.05) is 6.07 Å². The molecule has 7 nitrogen and oxygen atoms in total. The van der Waals surface area contributed by atoms with Crippen LogP contribution in [0.3, 0.4) is 0 Å². The molecule has 3 N–H and O–H groups in total. The van der Waals surface area contributed by atoms with Crippen molar-refractivity contribution in [2.75, 3.05) is 6.61 Å². The molecule has 1 heterocycles. The third-order valence-electron chi connectivity index (χ3n) is 7.62. The smallest absolute Gasteiger partial charge is 0.261 e. The molecule has 1 aliphatic heterocycles. The number of aliphatic hydroxyl groups is 1. The first-order valence-electron chi connectivity index (χ1n) is 12.0. The van der Waals surface area contributed by atoms with E-state index >= 15 is 0 Å². The van der Waals surface area contributed by atoms with Crippen LogP contribution in [-0.4, -0.2) is 46.8 Å². The minimum atomic E-state index is -0.827. The van der Waals surface area contributed by atoms with Gasteiger partial charge in [0.1, 0.15) is 17.3 Å². The number of aliphatic hydroxyl groups excluding tert-OH is 1. The van der Waals surface area contributed by atoms with Gasteiger partial charge >= 0.3 is 0 Å². The molecule has 3 aliphatic carbocycles. The van der Waals surface area contributed by atoms with Gasteiger partial charge in [-0.1, -0.05) is 23.2 Å². The molecular formula is C26H27Cl2FN2O5. The largest absolute Gasteiger partial charge is 0.484 e. The predicted octanol–water partition coefficient (Wildman–Crippen LogP) is 3.95. The van der Waals surface area contributed by atoms with Gasteiger partial charge in [0.25, 0.3) is 11.8 Å². The Labute approximate surface area is 218 Å². The van der Waals surface area contributed by atoms with Gasteiger partial charge in [0.15, 0.2) is 12.7 Å². The molecule has 10 heteroatoms. The number of fused-ring (bicyclic) bond motifs is 4. The number of halogens is 3. The summed E-state index contributed by atoms with van der Waals surface area (Å²) in [4.78, 5) is 25.7. The molecule has 1 unspecified atom stereocenters. The number of ether oxygens (including phenoxy) is 2. The van der Waals surface area contributed by atoms with Crippen LogP contribution in [0.2, 0.25) is 10.0 Å². The third-order valence-corrected chi connectivity index (χ3v) is 8.16. The summed E-state index contributed by atoms with van der Waals surface area (Å²) in [5, 5.41) is 17.7. The van der Waals surface area contributed by atoms with Crippen molar-refractivity contribution in [3.8, 4) is 11.5 Å². The first-order chi connectivity index (χ1) is 17.2. The van der Waals surface area contributed by atoms with Crippen LogP contribution in [0.1, 0.15) is 44.1 Å². The van der Waals surface area contributed by atoms with E-state index < -0.39 is 35.0 Å². The molecule has 3 fully saturated rings. The molecule has 2 aromatic rings. The number of benzene rings is 2. The lowest BCUT2D eigenvalue weighted by atomic mass is 9.59. The molecule has 0 aromatic heterocycles. The average Bonchev–Trinajstić information content (AvgIpc) is 2.85. The lowest BCUT2D eigenvalue weighted by molar-refractivity contribution is -0.139. The molecule has 2 atom stereocenters. The normalized spacial score (nSPS) is 28.6. The number of carbonyl (C=O) groups is 2. The van der Waals surface area contributed by atoms with Crippen molar-refractivity contribution in [3.05, 3.63) is 57.8 Å². The Kier molecular flexibility index (Phi) is 6.78. The van der Waals surface area contributed by atoms with Gasteiger partial charge in [-0.3, -0.25) is 9.59 Å². The fraction of sp³-hybridized carbons (Fsp3) is 0.462. The van der Waals surface area contributed by atoms with Gasteiger partial charge in [0.2, 0.25) is 0 Å². The van der Waals surface area contributed by atoms with Crippen molar-refractivity contribution in [2.24, 2.45) is 0 Å². The van der Waals surface area contributed by atoms with Crippen LogP contribution in [0.5, 0.6) is 11.5 Å². The lowest BCUT2D eigenvalue weighted by Gasteiger charge is -2.56. The Balaban J connectivity index is 1.16. The number of nitrogens with one attached hydrogen (secondary N) is 2. The molecule has 2 aromatic carbocycles. The maximum atomic E-state index is 13.6. The quantitative estimate of drug-likeness (QED) is 0.519. The summed E-state index contributed by atoms with van der Waals surface area (Å²) >= 11 is 11.7. The zero-order valence-corrected chi connectivity index (χ0v) is 21.0. The second kappa shape index (κ2) is 9.72. The van der Waals surface area contributed by atoms with Crippen LogP contribution in [0.4, 0.5) is 4.39 Å².